The van der Waals surface area contributed by atoms with Crippen LogP contribution in [0, 0.1) is 0 Å². The zero-order chi connectivity index (χ0) is 10.1. The Morgan fingerprint density at radius 2 is 2.29 bits per heavy atom. The lowest BCUT2D eigenvalue weighted by Gasteiger charge is -2.04. The molecule has 2 rings (SSSR count). The van der Waals surface area contributed by atoms with Crippen LogP contribution in [0.5, 0.6) is 5.75 Å². The number of benzene rings is 1. The lowest BCUT2D eigenvalue weighted by molar-refractivity contribution is 0.0695. The average molecular weight is 194 g/mol. The van der Waals surface area contributed by atoms with Crippen molar-refractivity contribution in [2.75, 3.05) is 6.61 Å². The van der Waals surface area contributed by atoms with Gasteiger partial charge in [-0.2, -0.15) is 0 Å². The Hall–Kier alpha value is -1.55. The Morgan fingerprint density at radius 3 is 2.86 bits per heavy atom. The highest BCUT2D eigenvalue weighted by Crippen LogP contribution is 2.22. The zero-order valence-electron chi connectivity index (χ0n) is 7.43. The first-order valence-electron chi connectivity index (χ1n) is 4.33. The minimum Gasteiger partial charge on any atom is -0.508 e. The molecule has 1 aromatic rings. The van der Waals surface area contributed by atoms with E-state index in [1.807, 2.05) is 0 Å². The maximum absolute atomic E-state index is 10.8. The smallest absolute Gasteiger partial charge is 0.335 e. The molecule has 0 spiro atoms. The number of carboxylic acid groups (broad SMARTS) is 1. The number of carbonyl (C=O) groups is 1. The van der Waals surface area contributed by atoms with E-state index in [0.29, 0.717) is 18.6 Å². The first-order chi connectivity index (χ1) is 6.66. The van der Waals surface area contributed by atoms with Gasteiger partial charge in [0.05, 0.1) is 18.3 Å². The van der Waals surface area contributed by atoms with Gasteiger partial charge >= 0.3 is 5.97 Å². The van der Waals surface area contributed by atoms with Gasteiger partial charge < -0.3 is 14.9 Å². The summed E-state index contributed by atoms with van der Waals surface area (Å²) in [7, 11) is 0. The molecule has 14 heavy (non-hydrogen) atoms. The molecule has 1 saturated heterocycles. The van der Waals surface area contributed by atoms with Gasteiger partial charge in [-0.15, -0.1) is 0 Å². The van der Waals surface area contributed by atoms with Gasteiger partial charge in [0.25, 0.3) is 0 Å². The van der Waals surface area contributed by atoms with E-state index in [-0.39, 0.29) is 17.4 Å². The zero-order valence-corrected chi connectivity index (χ0v) is 7.43. The number of hydrogen-bond acceptors (Lipinski definition) is 3. The van der Waals surface area contributed by atoms with Gasteiger partial charge in [0.15, 0.2) is 0 Å². The predicted molar refractivity (Wildman–Crippen MR) is 48.5 cm³/mol. The third-order valence-corrected chi connectivity index (χ3v) is 2.17. The number of phenols is 1. The first kappa shape index (κ1) is 9.02. The second kappa shape index (κ2) is 3.31. The monoisotopic (exact) mass is 194 g/mol. The minimum absolute atomic E-state index is 0.0886. The molecule has 2 N–H and O–H groups in total. The lowest BCUT2D eigenvalue weighted by Crippen LogP contribution is -2.04. The molecule has 1 aliphatic heterocycles. The molecule has 1 heterocycles. The van der Waals surface area contributed by atoms with E-state index in [2.05, 4.69) is 0 Å². The second-order valence-electron chi connectivity index (χ2n) is 3.31. The number of ether oxygens (including phenoxy) is 1. The van der Waals surface area contributed by atoms with Crippen molar-refractivity contribution in [2.45, 2.75) is 12.5 Å². The third kappa shape index (κ3) is 1.85. The Kier molecular flexibility index (Phi) is 2.13. The standard InChI is InChI=1S/C10H10O4/c11-7-1-2-9(10(12)13)6(3-7)4-8-5-14-8/h1-3,8,11H,4-5H2,(H,12,13). The number of aromatic carboxylic acids is 1. The fourth-order valence-electron chi connectivity index (χ4n) is 1.39. The lowest BCUT2D eigenvalue weighted by atomic mass is 10.0. The van der Waals surface area contributed by atoms with Crippen molar-refractivity contribution in [1.29, 1.82) is 0 Å². The van der Waals surface area contributed by atoms with Crippen LogP contribution >= 0.6 is 0 Å². The molecule has 0 amide bonds. The summed E-state index contributed by atoms with van der Waals surface area (Å²) >= 11 is 0. The molecule has 1 atom stereocenters. The molecule has 1 unspecified atom stereocenters. The Balaban J connectivity index is 2.31. The largest absolute Gasteiger partial charge is 0.508 e. The van der Waals surface area contributed by atoms with E-state index in [1.165, 1.54) is 18.2 Å². The van der Waals surface area contributed by atoms with Crippen LogP contribution in [0.1, 0.15) is 15.9 Å². The van der Waals surface area contributed by atoms with E-state index in [0.717, 1.165) is 0 Å². The van der Waals surface area contributed by atoms with E-state index in [4.69, 9.17) is 9.84 Å². The molecule has 1 fully saturated rings. The fourth-order valence-corrected chi connectivity index (χ4v) is 1.39. The van der Waals surface area contributed by atoms with Crippen LogP contribution in [0.25, 0.3) is 0 Å². The first-order valence-corrected chi connectivity index (χ1v) is 4.33. The van der Waals surface area contributed by atoms with Crippen molar-refractivity contribution in [3.63, 3.8) is 0 Å². The Bertz CT molecular complexity index is 368. The van der Waals surface area contributed by atoms with Crippen LogP contribution in [-0.4, -0.2) is 28.9 Å². The van der Waals surface area contributed by atoms with E-state index < -0.39 is 5.97 Å². The summed E-state index contributed by atoms with van der Waals surface area (Å²) in [6.45, 7) is 0.675. The maximum atomic E-state index is 10.8. The Morgan fingerprint density at radius 1 is 1.57 bits per heavy atom. The van der Waals surface area contributed by atoms with Crippen molar-refractivity contribution < 1.29 is 19.7 Å². The highest BCUT2D eigenvalue weighted by Gasteiger charge is 2.25. The molecule has 74 valence electrons. The van der Waals surface area contributed by atoms with Gasteiger partial charge in [0, 0.05) is 6.42 Å². The molecule has 0 aromatic heterocycles. The maximum Gasteiger partial charge on any atom is 0.335 e. The molecule has 4 heteroatoms. The van der Waals surface area contributed by atoms with Crippen molar-refractivity contribution in [2.24, 2.45) is 0 Å². The normalized spacial score (nSPS) is 19.3. The quantitative estimate of drug-likeness (QED) is 0.705. The topological polar surface area (TPSA) is 70.1 Å². The molecule has 0 radical (unpaired) electrons. The molecule has 0 bridgehead atoms. The third-order valence-electron chi connectivity index (χ3n) is 2.17. The van der Waals surface area contributed by atoms with E-state index in [1.54, 1.807) is 0 Å². The number of phenolic OH excluding ortho intramolecular Hbond substituents is 1. The molecule has 1 aliphatic rings. The highest BCUT2D eigenvalue weighted by atomic mass is 16.6. The van der Waals surface area contributed by atoms with Gasteiger partial charge in [-0.25, -0.2) is 4.79 Å². The summed E-state index contributed by atoms with van der Waals surface area (Å²) < 4.78 is 5.01. The minimum atomic E-state index is -0.972. The number of rotatable bonds is 3. The van der Waals surface area contributed by atoms with Crippen LogP contribution < -0.4 is 0 Å². The van der Waals surface area contributed by atoms with Gasteiger partial charge in [-0.1, -0.05) is 0 Å². The van der Waals surface area contributed by atoms with E-state index >= 15 is 0 Å². The summed E-state index contributed by atoms with van der Waals surface area (Å²) in [6.07, 6.45) is 0.672. The average Bonchev–Trinajstić information content (AvgIpc) is 2.87. The molecular formula is C10H10O4. The van der Waals surface area contributed by atoms with Crippen LogP contribution in [0.2, 0.25) is 0 Å². The molecule has 4 nitrogen and oxygen atoms in total. The second-order valence-corrected chi connectivity index (χ2v) is 3.31. The summed E-state index contributed by atoms with van der Waals surface area (Å²) in [4.78, 5) is 10.8. The number of aromatic hydroxyl groups is 1. The van der Waals surface area contributed by atoms with Gasteiger partial charge in [0.2, 0.25) is 0 Å². The van der Waals surface area contributed by atoms with Crippen molar-refractivity contribution in [3.05, 3.63) is 29.3 Å². The van der Waals surface area contributed by atoms with Gasteiger partial charge in [-0.05, 0) is 23.8 Å². The van der Waals surface area contributed by atoms with Gasteiger partial charge in [-0.3, -0.25) is 0 Å². The predicted octanol–water partition coefficient (Wildman–Crippen LogP) is 1.03. The van der Waals surface area contributed by atoms with Crippen LogP contribution in [-0.2, 0) is 11.2 Å². The molecule has 1 aromatic carbocycles. The van der Waals surface area contributed by atoms with Crippen molar-refractivity contribution >= 4 is 5.97 Å². The number of epoxide rings is 1. The van der Waals surface area contributed by atoms with Gasteiger partial charge in [0.1, 0.15) is 5.75 Å². The SMILES string of the molecule is O=C(O)c1ccc(O)cc1CC1CO1. The molecule has 0 saturated carbocycles. The summed E-state index contributed by atoms with van der Waals surface area (Å²) in [6, 6.07) is 4.27. The Labute approximate surface area is 80.7 Å². The number of hydrogen-bond donors (Lipinski definition) is 2. The summed E-state index contributed by atoms with van der Waals surface area (Å²) in [5.41, 5.74) is 0.860. The highest BCUT2D eigenvalue weighted by molar-refractivity contribution is 5.89. The van der Waals surface area contributed by atoms with Crippen LogP contribution in [0.3, 0.4) is 0 Å². The molecule has 0 aliphatic carbocycles. The summed E-state index contributed by atoms with van der Waals surface area (Å²) in [5.74, 6) is -0.883. The van der Waals surface area contributed by atoms with E-state index in [9.17, 15) is 9.90 Å². The number of carboxylic acids is 1. The van der Waals surface area contributed by atoms with Crippen LogP contribution in [0.15, 0.2) is 18.2 Å². The van der Waals surface area contributed by atoms with Crippen LogP contribution in [0.4, 0.5) is 0 Å². The summed E-state index contributed by atoms with van der Waals surface area (Å²) in [5, 5.41) is 18.1. The fraction of sp³-hybridized carbons (Fsp3) is 0.300. The van der Waals surface area contributed by atoms with Crippen molar-refractivity contribution in [3.8, 4) is 5.75 Å². The molecular weight excluding hydrogens is 184 g/mol. The van der Waals surface area contributed by atoms with Crippen molar-refractivity contribution in [1.82, 2.24) is 0 Å².